The largest absolute Gasteiger partial charge is 0.456 e. The predicted octanol–water partition coefficient (Wildman–Crippen LogP) is 10.7. The summed E-state index contributed by atoms with van der Waals surface area (Å²) in [5, 5.41) is 6.73. The summed E-state index contributed by atoms with van der Waals surface area (Å²) in [6, 6.07) is 52.2. The van der Waals surface area contributed by atoms with Gasteiger partial charge in [-0.1, -0.05) is 127 Å². The Morgan fingerprint density at radius 3 is 1.62 bits per heavy atom. The predicted molar refractivity (Wildman–Crippen MR) is 184 cm³/mol. The lowest BCUT2D eigenvalue weighted by molar-refractivity contribution is 0.669. The third kappa shape index (κ3) is 4.27. The molecule has 0 saturated heterocycles. The number of nitrogens with zero attached hydrogens (tertiary/aromatic N) is 3. The lowest BCUT2D eigenvalue weighted by Gasteiger charge is -2.15. The van der Waals surface area contributed by atoms with Crippen molar-refractivity contribution in [2.45, 2.75) is 0 Å². The molecule has 4 nitrogen and oxygen atoms in total. The SMILES string of the molecule is c1ccc(-c2nc(-c3ccccc3)nc(-c3ccc(-c4ccccc4)c4c3ccc3cc5c(cc34)oc3ccccc35)n2)cc1. The van der Waals surface area contributed by atoms with Gasteiger partial charge in [0.05, 0.1) is 0 Å². The van der Waals surface area contributed by atoms with Crippen LogP contribution in [0.2, 0.25) is 0 Å². The van der Waals surface area contributed by atoms with Crippen LogP contribution in [0.3, 0.4) is 0 Å². The molecule has 0 atom stereocenters. The lowest BCUT2D eigenvalue weighted by atomic mass is 9.90. The second kappa shape index (κ2) is 10.2. The van der Waals surface area contributed by atoms with Crippen molar-refractivity contribution < 1.29 is 4.42 Å². The van der Waals surface area contributed by atoms with Crippen molar-refractivity contribution in [3.8, 4) is 45.3 Å². The minimum absolute atomic E-state index is 0.636. The van der Waals surface area contributed by atoms with Crippen LogP contribution in [-0.4, -0.2) is 15.0 Å². The van der Waals surface area contributed by atoms with Gasteiger partial charge in [0.1, 0.15) is 11.2 Å². The van der Waals surface area contributed by atoms with Gasteiger partial charge in [-0.15, -0.1) is 0 Å². The smallest absolute Gasteiger partial charge is 0.164 e. The van der Waals surface area contributed by atoms with Crippen LogP contribution in [0.4, 0.5) is 0 Å². The minimum Gasteiger partial charge on any atom is -0.456 e. The second-order valence-corrected chi connectivity index (χ2v) is 11.2. The van der Waals surface area contributed by atoms with Crippen LogP contribution in [0, 0.1) is 0 Å². The molecule has 210 valence electrons. The summed E-state index contributed by atoms with van der Waals surface area (Å²) >= 11 is 0. The summed E-state index contributed by atoms with van der Waals surface area (Å²) in [7, 11) is 0. The highest BCUT2D eigenvalue weighted by Gasteiger charge is 2.18. The van der Waals surface area contributed by atoms with E-state index in [4.69, 9.17) is 19.4 Å². The molecule has 9 rings (SSSR count). The first-order valence-electron chi connectivity index (χ1n) is 15.0. The summed E-state index contributed by atoms with van der Waals surface area (Å²) in [6.45, 7) is 0. The molecule has 0 fully saturated rings. The van der Waals surface area contributed by atoms with Crippen LogP contribution in [-0.2, 0) is 0 Å². The maximum atomic E-state index is 6.37. The first-order chi connectivity index (χ1) is 22.3. The molecule has 0 aliphatic heterocycles. The Bertz CT molecular complexity index is 2460. The van der Waals surface area contributed by atoms with Gasteiger partial charge in [0, 0.05) is 27.5 Å². The summed E-state index contributed by atoms with van der Waals surface area (Å²) in [6.07, 6.45) is 0. The van der Waals surface area contributed by atoms with E-state index in [1.165, 1.54) is 0 Å². The van der Waals surface area contributed by atoms with Crippen LogP contribution < -0.4 is 0 Å². The second-order valence-electron chi connectivity index (χ2n) is 11.2. The monoisotopic (exact) mass is 575 g/mol. The van der Waals surface area contributed by atoms with Crippen molar-refractivity contribution in [1.82, 2.24) is 15.0 Å². The Balaban J connectivity index is 1.36. The molecule has 0 N–H and O–H groups in total. The Labute approximate surface area is 259 Å². The zero-order valence-corrected chi connectivity index (χ0v) is 24.2. The van der Waals surface area contributed by atoms with Gasteiger partial charge in [0.2, 0.25) is 0 Å². The van der Waals surface area contributed by atoms with Crippen LogP contribution >= 0.6 is 0 Å². The van der Waals surface area contributed by atoms with E-state index in [0.717, 1.165) is 71.3 Å². The summed E-state index contributed by atoms with van der Waals surface area (Å²) in [5.74, 6) is 1.92. The fourth-order valence-corrected chi connectivity index (χ4v) is 6.38. The van der Waals surface area contributed by atoms with Crippen molar-refractivity contribution in [2.24, 2.45) is 0 Å². The van der Waals surface area contributed by atoms with E-state index in [0.29, 0.717) is 17.5 Å². The molecule has 2 aromatic heterocycles. The van der Waals surface area contributed by atoms with Crippen LogP contribution in [0.25, 0.3) is 88.8 Å². The van der Waals surface area contributed by atoms with E-state index >= 15 is 0 Å². The molecular weight excluding hydrogens is 550 g/mol. The van der Waals surface area contributed by atoms with Crippen LogP contribution in [0.5, 0.6) is 0 Å². The quantitative estimate of drug-likeness (QED) is 0.196. The normalized spacial score (nSPS) is 11.6. The molecule has 0 aliphatic carbocycles. The van der Waals surface area contributed by atoms with E-state index in [2.05, 4.69) is 78.9 Å². The minimum atomic E-state index is 0.636. The highest BCUT2D eigenvalue weighted by Crippen LogP contribution is 2.42. The summed E-state index contributed by atoms with van der Waals surface area (Å²) < 4.78 is 6.37. The molecule has 9 aromatic rings. The molecule has 0 bridgehead atoms. The number of hydrogen-bond acceptors (Lipinski definition) is 4. The number of para-hydroxylation sites is 1. The average Bonchev–Trinajstić information content (AvgIpc) is 3.48. The van der Waals surface area contributed by atoms with Crippen LogP contribution in [0.15, 0.2) is 156 Å². The molecule has 2 heterocycles. The Hall–Kier alpha value is -6.13. The zero-order chi connectivity index (χ0) is 29.7. The molecule has 7 aromatic carbocycles. The van der Waals surface area contributed by atoms with Gasteiger partial charge in [0.15, 0.2) is 17.5 Å². The van der Waals surface area contributed by atoms with Crippen molar-refractivity contribution in [1.29, 1.82) is 0 Å². The van der Waals surface area contributed by atoms with E-state index in [1.807, 2.05) is 72.8 Å². The van der Waals surface area contributed by atoms with E-state index < -0.39 is 0 Å². The number of benzene rings is 7. The highest BCUT2D eigenvalue weighted by atomic mass is 16.3. The Kier molecular flexibility index (Phi) is 5.78. The van der Waals surface area contributed by atoms with Crippen molar-refractivity contribution in [2.75, 3.05) is 0 Å². The topological polar surface area (TPSA) is 51.8 Å². The highest BCUT2D eigenvalue weighted by molar-refractivity contribution is 6.21. The summed E-state index contributed by atoms with van der Waals surface area (Å²) in [5.41, 5.74) is 6.91. The van der Waals surface area contributed by atoms with Gasteiger partial charge in [-0.3, -0.25) is 0 Å². The first kappa shape index (κ1) is 25.4. The fourth-order valence-electron chi connectivity index (χ4n) is 6.38. The number of furan rings is 1. The molecule has 0 amide bonds. The third-order valence-electron chi connectivity index (χ3n) is 8.52. The Morgan fingerprint density at radius 2 is 0.933 bits per heavy atom. The molecular formula is C41H25N3O. The molecule has 0 spiro atoms. The molecule has 0 unspecified atom stereocenters. The molecule has 0 radical (unpaired) electrons. The van der Waals surface area contributed by atoms with Gasteiger partial charge in [-0.2, -0.15) is 0 Å². The number of aromatic nitrogens is 3. The fraction of sp³-hybridized carbons (Fsp3) is 0. The Morgan fingerprint density at radius 1 is 0.356 bits per heavy atom. The standard InChI is InChI=1S/C41H25N3O/c1-4-12-26(13-5-1)30-22-23-33(41-43-39(27-14-6-2-7-15-27)42-40(44-41)28-16-8-3-9-17-28)32-21-20-29-24-35-31-18-10-11-19-36(31)45-37(35)25-34(29)38(30)32/h1-25H. The maximum absolute atomic E-state index is 6.37. The van der Waals surface area contributed by atoms with Gasteiger partial charge < -0.3 is 4.42 Å². The van der Waals surface area contributed by atoms with Crippen molar-refractivity contribution in [3.05, 3.63) is 152 Å². The van der Waals surface area contributed by atoms with Gasteiger partial charge >= 0.3 is 0 Å². The van der Waals surface area contributed by atoms with E-state index in [1.54, 1.807) is 0 Å². The summed E-state index contributed by atoms with van der Waals surface area (Å²) in [4.78, 5) is 15.1. The zero-order valence-electron chi connectivity index (χ0n) is 24.2. The van der Waals surface area contributed by atoms with E-state index in [-0.39, 0.29) is 0 Å². The average molecular weight is 576 g/mol. The van der Waals surface area contributed by atoms with Crippen LogP contribution in [0.1, 0.15) is 0 Å². The molecule has 0 aliphatic rings. The van der Waals surface area contributed by atoms with Gasteiger partial charge in [-0.05, 0) is 56.9 Å². The first-order valence-corrected chi connectivity index (χ1v) is 15.0. The van der Waals surface area contributed by atoms with Gasteiger partial charge in [0.25, 0.3) is 0 Å². The molecule has 4 heteroatoms. The van der Waals surface area contributed by atoms with Crippen molar-refractivity contribution in [3.63, 3.8) is 0 Å². The number of hydrogen-bond donors (Lipinski definition) is 0. The van der Waals surface area contributed by atoms with Gasteiger partial charge in [-0.25, -0.2) is 15.0 Å². The lowest BCUT2D eigenvalue weighted by Crippen LogP contribution is -2.00. The van der Waals surface area contributed by atoms with Crippen molar-refractivity contribution >= 4 is 43.5 Å². The molecule has 45 heavy (non-hydrogen) atoms. The maximum Gasteiger partial charge on any atom is 0.164 e. The van der Waals surface area contributed by atoms with E-state index in [9.17, 15) is 0 Å². The number of rotatable bonds is 4. The third-order valence-corrected chi connectivity index (χ3v) is 8.52. The number of fused-ring (bicyclic) bond motifs is 6. The molecule has 0 saturated carbocycles.